The molecule has 45 heavy (non-hydrogen) atoms. The number of aromatic nitrogens is 2. The second kappa shape index (κ2) is 12.8. The molecule has 0 saturated carbocycles. The zero-order valence-corrected chi connectivity index (χ0v) is 26.1. The highest BCUT2D eigenvalue weighted by Crippen LogP contribution is 2.34. The molecule has 0 unspecified atom stereocenters. The minimum Gasteiger partial charge on any atom is -0.481 e. The van der Waals surface area contributed by atoms with Gasteiger partial charge < -0.3 is 14.2 Å². The van der Waals surface area contributed by atoms with E-state index in [0.29, 0.717) is 44.5 Å². The fraction of sp³-hybridized carbons (Fsp3) is 0.429. The fourth-order valence-corrected chi connectivity index (χ4v) is 6.83. The fourth-order valence-electron chi connectivity index (χ4n) is 6.83. The van der Waals surface area contributed by atoms with Gasteiger partial charge in [-0.25, -0.2) is 4.98 Å². The summed E-state index contributed by atoms with van der Waals surface area (Å²) in [5.41, 5.74) is 5.51. The average molecular weight is 620 g/mol. The van der Waals surface area contributed by atoms with Gasteiger partial charge in [-0.15, -0.1) is 0 Å². The van der Waals surface area contributed by atoms with Crippen molar-refractivity contribution in [1.82, 2.24) is 24.3 Å². The molecule has 0 spiro atoms. The lowest BCUT2D eigenvalue weighted by atomic mass is 9.88. The van der Waals surface area contributed by atoms with Crippen LogP contribution in [0.5, 0.6) is 5.88 Å². The number of fused-ring (bicyclic) bond motifs is 1. The van der Waals surface area contributed by atoms with Crippen molar-refractivity contribution in [2.45, 2.75) is 44.9 Å². The number of carbonyl (C=O) groups is 1. The lowest BCUT2D eigenvalue weighted by molar-refractivity contribution is -0.137. The number of hydrogen-bond donors (Lipinski definition) is 0. The molecule has 0 radical (unpaired) electrons. The standard InChI is InChI=1S/C35H40F3N5O2/c1-24-30-20-28(27-12-14-41(15-13-27)23-26-6-11-32(45-3)39-21-26)7-10-31(30)40(2)33(24)34(44)43-18-16-42(17-19-43)22-25-4-8-29(9-5-25)35(36,37)38/h4-11,20-21,27H,12-19,22-23H2,1-3H3. The topological polar surface area (TPSA) is 53.8 Å². The van der Waals surface area contributed by atoms with E-state index >= 15 is 0 Å². The first kappa shape index (κ1) is 31.1. The molecule has 238 valence electrons. The first-order valence-corrected chi connectivity index (χ1v) is 15.6. The molecule has 1 amide bonds. The number of nitrogens with zero attached hydrogens (tertiary/aromatic N) is 5. The number of halogens is 3. The second-order valence-electron chi connectivity index (χ2n) is 12.3. The van der Waals surface area contributed by atoms with Crippen molar-refractivity contribution in [2.24, 2.45) is 7.05 Å². The summed E-state index contributed by atoms with van der Waals surface area (Å²) >= 11 is 0. The van der Waals surface area contributed by atoms with Crippen LogP contribution in [-0.2, 0) is 26.3 Å². The zero-order valence-electron chi connectivity index (χ0n) is 26.1. The van der Waals surface area contributed by atoms with E-state index in [1.54, 1.807) is 7.11 Å². The van der Waals surface area contributed by atoms with Crippen LogP contribution in [0.2, 0.25) is 0 Å². The molecule has 2 aliphatic rings. The molecule has 7 nitrogen and oxygen atoms in total. The van der Waals surface area contributed by atoms with Gasteiger partial charge >= 0.3 is 6.18 Å². The molecule has 2 aromatic carbocycles. The largest absolute Gasteiger partial charge is 0.481 e. The van der Waals surface area contributed by atoms with Crippen molar-refractivity contribution in [3.05, 3.63) is 94.3 Å². The number of benzene rings is 2. The van der Waals surface area contributed by atoms with Gasteiger partial charge in [-0.2, -0.15) is 13.2 Å². The van der Waals surface area contributed by atoms with Crippen molar-refractivity contribution in [2.75, 3.05) is 46.4 Å². The van der Waals surface area contributed by atoms with Crippen LogP contribution in [0.4, 0.5) is 13.2 Å². The quantitative estimate of drug-likeness (QED) is 0.245. The van der Waals surface area contributed by atoms with Crippen LogP contribution in [0.1, 0.15) is 57.1 Å². The molecule has 0 N–H and O–H groups in total. The van der Waals surface area contributed by atoms with Crippen LogP contribution in [0.25, 0.3) is 10.9 Å². The Morgan fingerprint density at radius 2 is 1.53 bits per heavy atom. The molecule has 0 aliphatic carbocycles. The summed E-state index contributed by atoms with van der Waals surface area (Å²) in [6.45, 7) is 8.05. The van der Waals surface area contributed by atoms with Crippen LogP contribution < -0.4 is 4.74 Å². The maximum Gasteiger partial charge on any atom is 0.416 e. The number of carbonyl (C=O) groups excluding carboxylic acids is 1. The van der Waals surface area contributed by atoms with E-state index in [1.807, 2.05) is 35.7 Å². The summed E-state index contributed by atoms with van der Waals surface area (Å²) in [5, 5.41) is 1.13. The number of piperazine rings is 1. The van der Waals surface area contributed by atoms with Gasteiger partial charge in [-0.05, 0) is 85.3 Å². The monoisotopic (exact) mass is 619 g/mol. The Balaban J connectivity index is 1.07. The molecule has 0 bridgehead atoms. The molecular formula is C35H40F3N5O2. The van der Waals surface area contributed by atoms with Gasteiger partial charge in [0.05, 0.1) is 12.7 Å². The number of methoxy groups -OCH3 is 1. The van der Waals surface area contributed by atoms with Gasteiger partial charge in [0.15, 0.2) is 0 Å². The highest BCUT2D eigenvalue weighted by Gasteiger charge is 2.31. The van der Waals surface area contributed by atoms with E-state index in [2.05, 4.69) is 39.0 Å². The van der Waals surface area contributed by atoms with Crippen LogP contribution in [0.15, 0.2) is 60.8 Å². The Kier molecular flexibility index (Phi) is 8.88. The van der Waals surface area contributed by atoms with Crippen molar-refractivity contribution < 1.29 is 22.7 Å². The minimum absolute atomic E-state index is 0.0308. The molecule has 4 aromatic rings. The Labute approximate surface area is 262 Å². The summed E-state index contributed by atoms with van der Waals surface area (Å²) in [5.74, 6) is 1.14. The van der Waals surface area contributed by atoms with Gasteiger partial charge in [-0.1, -0.05) is 24.3 Å². The molecule has 2 aliphatic heterocycles. The van der Waals surface area contributed by atoms with Crippen LogP contribution in [-0.4, -0.2) is 76.5 Å². The van der Waals surface area contributed by atoms with E-state index in [9.17, 15) is 18.0 Å². The van der Waals surface area contributed by atoms with Crippen molar-refractivity contribution >= 4 is 16.8 Å². The smallest absolute Gasteiger partial charge is 0.416 e. The van der Waals surface area contributed by atoms with Crippen molar-refractivity contribution in [3.8, 4) is 5.88 Å². The van der Waals surface area contributed by atoms with Gasteiger partial charge in [-0.3, -0.25) is 14.6 Å². The number of aryl methyl sites for hydroxylation is 2. The number of ether oxygens (including phenoxy) is 1. The minimum atomic E-state index is -4.33. The van der Waals surface area contributed by atoms with Crippen molar-refractivity contribution in [3.63, 3.8) is 0 Å². The third-order valence-electron chi connectivity index (χ3n) is 9.50. The summed E-state index contributed by atoms with van der Waals surface area (Å²) in [7, 11) is 3.59. The van der Waals surface area contributed by atoms with Gasteiger partial charge in [0.25, 0.3) is 5.91 Å². The predicted molar refractivity (Wildman–Crippen MR) is 168 cm³/mol. The predicted octanol–water partition coefficient (Wildman–Crippen LogP) is 6.25. The second-order valence-corrected chi connectivity index (χ2v) is 12.3. The average Bonchev–Trinajstić information content (AvgIpc) is 3.30. The lowest BCUT2D eigenvalue weighted by Crippen LogP contribution is -2.48. The Hall–Kier alpha value is -3.89. The molecule has 6 rings (SSSR count). The summed E-state index contributed by atoms with van der Waals surface area (Å²) in [4.78, 5) is 24.7. The van der Waals surface area contributed by atoms with Crippen LogP contribution in [0, 0.1) is 6.92 Å². The van der Waals surface area contributed by atoms with E-state index in [-0.39, 0.29) is 5.91 Å². The highest BCUT2D eigenvalue weighted by atomic mass is 19.4. The first-order chi connectivity index (χ1) is 21.6. The van der Waals surface area contributed by atoms with Gasteiger partial charge in [0.2, 0.25) is 5.88 Å². The molecule has 2 aromatic heterocycles. The summed E-state index contributed by atoms with van der Waals surface area (Å²) < 4.78 is 45.9. The lowest BCUT2D eigenvalue weighted by Gasteiger charge is -2.35. The van der Waals surface area contributed by atoms with Gasteiger partial charge in [0.1, 0.15) is 5.69 Å². The Bertz CT molecular complexity index is 1630. The van der Waals surface area contributed by atoms with Gasteiger partial charge in [0, 0.05) is 69.5 Å². The Morgan fingerprint density at radius 3 is 2.16 bits per heavy atom. The first-order valence-electron chi connectivity index (χ1n) is 15.6. The number of likely N-dealkylation sites (tertiary alicyclic amines) is 1. The highest BCUT2D eigenvalue weighted by molar-refractivity contribution is 6.01. The number of hydrogen-bond acceptors (Lipinski definition) is 5. The molecule has 2 saturated heterocycles. The SMILES string of the molecule is COc1ccc(CN2CCC(c3ccc4c(c3)c(C)c(C(=O)N3CCN(Cc5ccc(C(F)(F)F)cc5)CC3)n4C)CC2)cn1. The van der Waals surface area contributed by atoms with E-state index in [1.165, 1.54) is 23.3 Å². The molecule has 10 heteroatoms. The third-order valence-corrected chi connectivity index (χ3v) is 9.50. The maximum absolute atomic E-state index is 13.8. The number of piperidine rings is 1. The number of rotatable bonds is 7. The molecule has 2 fully saturated rings. The maximum atomic E-state index is 13.8. The third kappa shape index (κ3) is 6.72. The van der Waals surface area contributed by atoms with Crippen LogP contribution in [0.3, 0.4) is 0 Å². The summed E-state index contributed by atoms with van der Waals surface area (Å²) in [6.07, 6.45) is -0.271. The van der Waals surface area contributed by atoms with Crippen LogP contribution >= 0.6 is 0 Å². The number of amides is 1. The Morgan fingerprint density at radius 1 is 0.889 bits per heavy atom. The van der Waals surface area contributed by atoms with E-state index < -0.39 is 11.7 Å². The molecular weight excluding hydrogens is 579 g/mol. The molecule has 4 heterocycles. The zero-order chi connectivity index (χ0) is 31.7. The number of alkyl halides is 3. The summed E-state index contributed by atoms with van der Waals surface area (Å²) in [6, 6.07) is 16.0. The van der Waals surface area contributed by atoms with E-state index in [4.69, 9.17) is 4.74 Å². The van der Waals surface area contributed by atoms with Crippen molar-refractivity contribution in [1.29, 1.82) is 0 Å². The normalized spacial score (nSPS) is 17.2. The molecule has 0 atom stereocenters. The number of pyridine rings is 1. The van der Waals surface area contributed by atoms with E-state index in [0.717, 1.165) is 72.3 Å².